The molecule has 1 aromatic heterocycles. The van der Waals surface area contributed by atoms with Crippen molar-refractivity contribution in [1.82, 2.24) is 19.9 Å². The number of carboxylic acid groups (broad SMARTS) is 1. The van der Waals surface area contributed by atoms with Gasteiger partial charge in [0.1, 0.15) is 6.54 Å². The van der Waals surface area contributed by atoms with Crippen molar-refractivity contribution in [2.45, 2.75) is 46.2 Å². The second-order valence-corrected chi connectivity index (χ2v) is 5.04. The Kier molecular flexibility index (Phi) is 4.63. The highest BCUT2D eigenvalue weighted by Gasteiger charge is 2.23. The summed E-state index contributed by atoms with van der Waals surface area (Å²) in [7, 11) is 1.71. The Morgan fingerprint density at radius 1 is 1.32 bits per heavy atom. The van der Waals surface area contributed by atoms with E-state index in [0.717, 1.165) is 0 Å². The third kappa shape index (κ3) is 3.30. The Morgan fingerprint density at radius 3 is 2.32 bits per heavy atom. The first-order valence-electron chi connectivity index (χ1n) is 6.18. The molecule has 1 amide bonds. The smallest absolute Gasteiger partial charge is 0.358 e. The highest BCUT2D eigenvalue weighted by Crippen LogP contribution is 2.17. The fourth-order valence-electron chi connectivity index (χ4n) is 1.69. The van der Waals surface area contributed by atoms with Crippen LogP contribution < -0.4 is 0 Å². The molecule has 7 nitrogen and oxygen atoms in total. The fraction of sp³-hybridized carbons (Fsp3) is 0.667. The zero-order valence-corrected chi connectivity index (χ0v) is 11.9. The molecule has 1 aromatic rings. The van der Waals surface area contributed by atoms with Crippen LogP contribution in [0.2, 0.25) is 0 Å². The molecule has 1 N–H and O–H groups in total. The molecule has 106 valence electrons. The maximum absolute atomic E-state index is 12.0. The molecule has 0 fully saturated rings. The van der Waals surface area contributed by atoms with Crippen LogP contribution in [0, 0.1) is 0 Å². The zero-order chi connectivity index (χ0) is 14.7. The summed E-state index contributed by atoms with van der Waals surface area (Å²) in [5, 5.41) is 16.5. The van der Waals surface area contributed by atoms with Crippen molar-refractivity contribution in [3.63, 3.8) is 0 Å². The first-order chi connectivity index (χ1) is 8.75. The van der Waals surface area contributed by atoms with Crippen molar-refractivity contribution in [3.05, 3.63) is 11.4 Å². The highest BCUT2D eigenvalue weighted by molar-refractivity contribution is 5.86. The predicted molar refractivity (Wildman–Crippen MR) is 69.0 cm³/mol. The molecule has 0 unspecified atom stereocenters. The first kappa shape index (κ1) is 15.1. The Hall–Kier alpha value is -1.92. The van der Waals surface area contributed by atoms with E-state index in [9.17, 15) is 9.59 Å². The Bertz CT molecular complexity index is 479. The standard InChI is InChI=1S/C12H20N4O3/c1-7(2)11-10(12(18)19)13-14-16(11)6-9(17)15(5)8(3)4/h7-8H,6H2,1-5H3,(H,18,19). The van der Waals surface area contributed by atoms with Crippen molar-refractivity contribution < 1.29 is 14.7 Å². The number of amides is 1. The minimum atomic E-state index is -1.13. The Labute approximate surface area is 112 Å². The fourth-order valence-corrected chi connectivity index (χ4v) is 1.69. The number of carbonyl (C=O) groups excluding carboxylic acids is 1. The normalized spacial score (nSPS) is 11.1. The van der Waals surface area contributed by atoms with Crippen molar-refractivity contribution in [1.29, 1.82) is 0 Å². The number of nitrogens with zero attached hydrogens (tertiary/aromatic N) is 4. The van der Waals surface area contributed by atoms with Gasteiger partial charge in [-0.05, 0) is 19.8 Å². The third-order valence-corrected chi connectivity index (χ3v) is 2.98. The van der Waals surface area contributed by atoms with Gasteiger partial charge in [0.2, 0.25) is 5.91 Å². The lowest BCUT2D eigenvalue weighted by Gasteiger charge is -2.21. The SMILES string of the molecule is CC(C)c1c(C(=O)O)nnn1CC(=O)N(C)C(C)C. The van der Waals surface area contributed by atoms with E-state index in [1.165, 1.54) is 4.68 Å². The largest absolute Gasteiger partial charge is 0.476 e. The van der Waals surface area contributed by atoms with E-state index >= 15 is 0 Å². The van der Waals surface area contributed by atoms with Crippen LogP contribution in [0.5, 0.6) is 0 Å². The van der Waals surface area contributed by atoms with Crippen LogP contribution in [0.1, 0.15) is 49.8 Å². The van der Waals surface area contributed by atoms with Crippen molar-refractivity contribution in [2.24, 2.45) is 0 Å². The average Bonchev–Trinajstić information content (AvgIpc) is 2.71. The van der Waals surface area contributed by atoms with Crippen LogP contribution in [-0.4, -0.2) is 50.0 Å². The number of aromatic nitrogens is 3. The van der Waals surface area contributed by atoms with Gasteiger partial charge in [0, 0.05) is 13.1 Å². The molecule has 0 saturated carbocycles. The molecule has 1 rings (SSSR count). The maximum Gasteiger partial charge on any atom is 0.358 e. The van der Waals surface area contributed by atoms with E-state index in [4.69, 9.17) is 5.11 Å². The Balaban J connectivity index is 3.02. The zero-order valence-electron chi connectivity index (χ0n) is 11.9. The molecule has 0 bridgehead atoms. The summed E-state index contributed by atoms with van der Waals surface area (Å²) < 4.78 is 1.37. The quantitative estimate of drug-likeness (QED) is 0.859. The van der Waals surface area contributed by atoms with Crippen LogP contribution in [0.3, 0.4) is 0 Å². The number of aromatic carboxylic acids is 1. The molecule has 0 saturated heterocycles. The predicted octanol–water partition coefficient (Wildman–Crippen LogP) is 0.966. The second-order valence-electron chi connectivity index (χ2n) is 5.04. The summed E-state index contributed by atoms with van der Waals surface area (Å²) in [4.78, 5) is 24.6. The van der Waals surface area contributed by atoms with Crippen LogP contribution in [0.25, 0.3) is 0 Å². The topological polar surface area (TPSA) is 88.3 Å². The molecule has 19 heavy (non-hydrogen) atoms. The number of hydrogen-bond acceptors (Lipinski definition) is 4. The minimum Gasteiger partial charge on any atom is -0.476 e. The summed E-state index contributed by atoms with van der Waals surface area (Å²) in [6.45, 7) is 7.51. The van der Waals surface area contributed by atoms with Crippen molar-refractivity contribution in [3.8, 4) is 0 Å². The van der Waals surface area contributed by atoms with Crippen LogP contribution >= 0.6 is 0 Å². The second kappa shape index (κ2) is 5.81. The van der Waals surface area contributed by atoms with Gasteiger partial charge in [-0.25, -0.2) is 9.48 Å². The van der Waals surface area contributed by atoms with Gasteiger partial charge in [-0.2, -0.15) is 0 Å². The van der Waals surface area contributed by atoms with Crippen molar-refractivity contribution >= 4 is 11.9 Å². The van der Waals surface area contributed by atoms with Crippen LogP contribution in [0.15, 0.2) is 0 Å². The summed E-state index contributed by atoms with van der Waals surface area (Å²) in [6, 6.07) is 0.0810. The van der Waals surface area contributed by atoms with Gasteiger partial charge >= 0.3 is 5.97 Å². The molecule has 0 aromatic carbocycles. The molecule has 0 aliphatic carbocycles. The lowest BCUT2D eigenvalue weighted by Crippen LogP contribution is -2.36. The number of rotatable bonds is 5. The van der Waals surface area contributed by atoms with Crippen molar-refractivity contribution in [2.75, 3.05) is 7.05 Å². The lowest BCUT2D eigenvalue weighted by molar-refractivity contribution is -0.132. The van der Waals surface area contributed by atoms with Gasteiger partial charge in [-0.3, -0.25) is 4.79 Å². The molecule has 0 radical (unpaired) electrons. The minimum absolute atomic E-state index is 0.00245. The van der Waals surface area contributed by atoms with Crippen LogP contribution in [-0.2, 0) is 11.3 Å². The molecule has 7 heteroatoms. The van der Waals surface area contributed by atoms with Gasteiger partial charge in [0.15, 0.2) is 5.69 Å². The lowest BCUT2D eigenvalue weighted by atomic mass is 10.1. The van der Waals surface area contributed by atoms with E-state index in [-0.39, 0.29) is 30.1 Å². The van der Waals surface area contributed by atoms with E-state index < -0.39 is 5.97 Å². The maximum atomic E-state index is 12.0. The van der Waals surface area contributed by atoms with E-state index in [1.807, 2.05) is 27.7 Å². The van der Waals surface area contributed by atoms with Gasteiger partial charge in [0.05, 0.1) is 5.69 Å². The van der Waals surface area contributed by atoms with E-state index in [0.29, 0.717) is 5.69 Å². The number of hydrogen-bond donors (Lipinski definition) is 1. The highest BCUT2D eigenvalue weighted by atomic mass is 16.4. The number of likely N-dealkylation sites (N-methyl/N-ethyl adjacent to an activating group) is 1. The summed E-state index contributed by atoms with van der Waals surface area (Å²) in [5.74, 6) is -1.32. The van der Waals surface area contributed by atoms with Gasteiger partial charge in [-0.1, -0.05) is 19.1 Å². The summed E-state index contributed by atoms with van der Waals surface area (Å²) in [6.07, 6.45) is 0. The molecule has 0 atom stereocenters. The van der Waals surface area contributed by atoms with Crippen LogP contribution in [0.4, 0.5) is 0 Å². The number of carboxylic acids is 1. The van der Waals surface area contributed by atoms with Gasteiger partial charge < -0.3 is 10.0 Å². The van der Waals surface area contributed by atoms with E-state index in [2.05, 4.69) is 10.3 Å². The molecule has 0 spiro atoms. The molecule has 1 heterocycles. The van der Waals surface area contributed by atoms with E-state index in [1.54, 1.807) is 11.9 Å². The molecular formula is C12H20N4O3. The third-order valence-electron chi connectivity index (χ3n) is 2.98. The van der Waals surface area contributed by atoms with Gasteiger partial charge in [-0.15, -0.1) is 5.10 Å². The Morgan fingerprint density at radius 2 is 1.89 bits per heavy atom. The monoisotopic (exact) mass is 268 g/mol. The molecule has 0 aliphatic rings. The summed E-state index contributed by atoms with van der Waals surface area (Å²) >= 11 is 0. The molecule has 0 aliphatic heterocycles. The average molecular weight is 268 g/mol. The summed E-state index contributed by atoms with van der Waals surface area (Å²) in [5.41, 5.74) is 0.382. The number of carbonyl (C=O) groups is 2. The van der Waals surface area contributed by atoms with Gasteiger partial charge in [0.25, 0.3) is 0 Å². The first-order valence-corrected chi connectivity index (χ1v) is 6.18. The molecular weight excluding hydrogens is 248 g/mol.